The molecule has 0 spiro atoms. The first kappa shape index (κ1) is 20.8. The van der Waals surface area contributed by atoms with Gasteiger partial charge >= 0.3 is 5.97 Å². The summed E-state index contributed by atoms with van der Waals surface area (Å²) in [5, 5.41) is 3.16. The van der Waals surface area contributed by atoms with Crippen LogP contribution in [0, 0.1) is 12.8 Å². The lowest BCUT2D eigenvalue weighted by atomic mass is 9.94. The summed E-state index contributed by atoms with van der Waals surface area (Å²) in [4.78, 5) is 28.8. The van der Waals surface area contributed by atoms with Gasteiger partial charge in [-0.3, -0.25) is 14.6 Å². The normalized spacial score (nSPS) is 21.4. The Bertz CT molecular complexity index is 689. The summed E-state index contributed by atoms with van der Waals surface area (Å²) in [5.74, 6) is -0.0420. The second kappa shape index (κ2) is 10.0. The molecule has 1 N–H and O–H groups in total. The Morgan fingerprint density at radius 1 is 1.00 bits per heavy atom. The Hall–Kier alpha value is -1.91. The molecular formula is C23H34N2O3. The lowest BCUT2D eigenvalue weighted by Crippen LogP contribution is -2.24. The average molecular weight is 387 g/mol. The van der Waals surface area contributed by atoms with Crippen LogP contribution in [0.5, 0.6) is 0 Å². The van der Waals surface area contributed by atoms with Gasteiger partial charge in [0.05, 0.1) is 17.6 Å². The van der Waals surface area contributed by atoms with Crippen molar-refractivity contribution in [2.24, 2.45) is 5.92 Å². The number of hydrogen-bond donors (Lipinski definition) is 1. The van der Waals surface area contributed by atoms with Crippen molar-refractivity contribution < 1.29 is 14.3 Å². The summed E-state index contributed by atoms with van der Waals surface area (Å²) < 4.78 is 5.38. The van der Waals surface area contributed by atoms with Crippen molar-refractivity contribution in [3.8, 4) is 0 Å². The molecular weight excluding hydrogens is 352 g/mol. The van der Waals surface area contributed by atoms with Gasteiger partial charge in [0.1, 0.15) is 6.10 Å². The van der Waals surface area contributed by atoms with Gasteiger partial charge in [0, 0.05) is 12.8 Å². The van der Waals surface area contributed by atoms with Crippen LogP contribution in [0.3, 0.4) is 0 Å². The van der Waals surface area contributed by atoms with Gasteiger partial charge < -0.3 is 10.1 Å². The van der Waals surface area contributed by atoms with E-state index >= 15 is 0 Å². The number of rotatable bonds is 3. The predicted molar refractivity (Wildman–Crippen MR) is 110 cm³/mol. The molecule has 2 aliphatic carbocycles. The van der Waals surface area contributed by atoms with Crippen LogP contribution >= 0.6 is 0 Å². The van der Waals surface area contributed by atoms with Gasteiger partial charge in [0.2, 0.25) is 5.91 Å². The van der Waals surface area contributed by atoms with Crippen molar-refractivity contribution in [1.29, 1.82) is 0 Å². The van der Waals surface area contributed by atoms with Gasteiger partial charge in [0.25, 0.3) is 0 Å². The van der Waals surface area contributed by atoms with Crippen LogP contribution in [0.1, 0.15) is 100 Å². The molecule has 1 heterocycles. The first-order valence-electron chi connectivity index (χ1n) is 11.0. The van der Waals surface area contributed by atoms with Crippen LogP contribution in [0.25, 0.3) is 0 Å². The van der Waals surface area contributed by atoms with E-state index in [4.69, 9.17) is 4.74 Å². The molecule has 1 unspecified atom stereocenters. The van der Waals surface area contributed by atoms with E-state index in [0.29, 0.717) is 0 Å². The Balaban J connectivity index is 1.66. The smallest absolute Gasteiger partial charge is 0.303 e. The molecule has 154 valence electrons. The van der Waals surface area contributed by atoms with Gasteiger partial charge in [-0.25, -0.2) is 0 Å². The van der Waals surface area contributed by atoms with Crippen LogP contribution in [-0.4, -0.2) is 16.9 Å². The summed E-state index contributed by atoms with van der Waals surface area (Å²) in [6.45, 7) is 3.46. The van der Waals surface area contributed by atoms with Crippen LogP contribution in [0.4, 0.5) is 5.69 Å². The van der Waals surface area contributed by atoms with Crippen molar-refractivity contribution in [2.75, 3.05) is 5.32 Å². The van der Waals surface area contributed by atoms with Gasteiger partial charge in [0.15, 0.2) is 0 Å². The minimum atomic E-state index is -0.276. The third-order valence-corrected chi connectivity index (χ3v) is 6.25. The number of carbonyl (C=O) groups is 2. The summed E-state index contributed by atoms with van der Waals surface area (Å²) in [6.07, 6.45) is 15.1. The van der Waals surface area contributed by atoms with Gasteiger partial charge in [-0.2, -0.15) is 0 Å². The highest BCUT2D eigenvalue weighted by molar-refractivity contribution is 5.93. The first-order valence-corrected chi connectivity index (χ1v) is 11.0. The van der Waals surface area contributed by atoms with Crippen molar-refractivity contribution in [2.45, 2.75) is 97.0 Å². The number of amides is 1. The minimum absolute atomic E-state index is 0.0968. The Morgan fingerprint density at radius 2 is 1.61 bits per heavy atom. The van der Waals surface area contributed by atoms with Crippen LogP contribution in [0.15, 0.2) is 6.20 Å². The second-order valence-electron chi connectivity index (χ2n) is 8.39. The van der Waals surface area contributed by atoms with Crippen LogP contribution in [0.2, 0.25) is 0 Å². The maximum Gasteiger partial charge on any atom is 0.303 e. The van der Waals surface area contributed by atoms with E-state index in [1.807, 2.05) is 6.92 Å². The molecule has 0 saturated heterocycles. The molecule has 0 aromatic carbocycles. The Morgan fingerprint density at radius 3 is 2.21 bits per heavy atom. The zero-order valence-electron chi connectivity index (χ0n) is 17.4. The van der Waals surface area contributed by atoms with Crippen LogP contribution < -0.4 is 5.32 Å². The lowest BCUT2D eigenvalue weighted by molar-refractivity contribution is -0.146. The number of ether oxygens (including phenoxy) is 1. The lowest BCUT2D eigenvalue weighted by Gasteiger charge is -2.19. The minimum Gasteiger partial charge on any atom is -0.456 e. The quantitative estimate of drug-likeness (QED) is 0.705. The molecule has 1 aromatic rings. The van der Waals surface area contributed by atoms with Crippen LogP contribution in [-0.2, 0) is 20.7 Å². The van der Waals surface area contributed by atoms with E-state index in [1.165, 1.54) is 45.4 Å². The fourth-order valence-electron chi connectivity index (χ4n) is 4.59. The summed E-state index contributed by atoms with van der Waals surface area (Å²) in [5.41, 5.74) is 3.83. The number of nitrogens with zero attached hydrogens (tertiary/aromatic N) is 1. The molecule has 0 bridgehead atoms. The Labute approximate surface area is 168 Å². The van der Waals surface area contributed by atoms with E-state index < -0.39 is 0 Å². The van der Waals surface area contributed by atoms with Gasteiger partial charge in [-0.1, -0.05) is 51.4 Å². The first-order chi connectivity index (χ1) is 13.6. The van der Waals surface area contributed by atoms with E-state index in [-0.39, 0.29) is 23.9 Å². The monoisotopic (exact) mass is 386 g/mol. The van der Waals surface area contributed by atoms with Crippen molar-refractivity contribution in [3.63, 3.8) is 0 Å². The number of nitrogens with one attached hydrogen (secondary N) is 1. The topological polar surface area (TPSA) is 68.3 Å². The summed E-state index contributed by atoms with van der Waals surface area (Å²) in [7, 11) is 0. The predicted octanol–water partition coefficient (Wildman–Crippen LogP) is 5.41. The molecule has 1 aromatic heterocycles. The van der Waals surface area contributed by atoms with E-state index in [2.05, 4.69) is 10.3 Å². The SMILES string of the molecule is CC(=O)OC1CCc2c1ncc(NC(=O)C1CCCCCCCCCC1)c2C. The zero-order chi connectivity index (χ0) is 19.9. The highest BCUT2D eigenvalue weighted by Crippen LogP contribution is 2.37. The molecule has 0 aliphatic heterocycles. The number of anilines is 1. The molecule has 3 rings (SSSR count). The average Bonchev–Trinajstić information content (AvgIpc) is 3.03. The fraction of sp³-hybridized carbons (Fsp3) is 0.696. The van der Waals surface area contributed by atoms with Gasteiger partial charge in [-0.05, 0) is 43.7 Å². The van der Waals surface area contributed by atoms with Crippen molar-refractivity contribution >= 4 is 17.6 Å². The highest BCUT2D eigenvalue weighted by atomic mass is 16.5. The Kier molecular flexibility index (Phi) is 7.46. The number of esters is 1. The van der Waals surface area contributed by atoms with E-state index in [9.17, 15) is 9.59 Å². The van der Waals surface area contributed by atoms with Gasteiger partial charge in [-0.15, -0.1) is 0 Å². The third kappa shape index (κ3) is 5.33. The molecule has 2 aliphatic rings. The molecule has 5 nitrogen and oxygen atoms in total. The summed E-state index contributed by atoms with van der Waals surface area (Å²) in [6, 6.07) is 0. The maximum atomic E-state index is 13.0. The maximum absolute atomic E-state index is 13.0. The summed E-state index contributed by atoms with van der Waals surface area (Å²) >= 11 is 0. The molecule has 1 atom stereocenters. The zero-order valence-corrected chi connectivity index (χ0v) is 17.4. The van der Waals surface area contributed by atoms with Crippen molar-refractivity contribution in [3.05, 3.63) is 23.0 Å². The molecule has 1 fully saturated rings. The largest absolute Gasteiger partial charge is 0.456 e. The molecule has 1 saturated carbocycles. The van der Waals surface area contributed by atoms with Crippen molar-refractivity contribution in [1.82, 2.24) is 4.98 Å². The second-order valence-corrected chi connectivity index (χ2v) is 8.39. The van der Waals surface area contributed by atoms with E-state index in [0.717, 1.165) is 61.0 Å². The molecule has 1 amide bonds. The number of aromatic nitrogens is 1. The number of carbonyl (C=O) groups excluding carboxylic acids is 2. The molecule has 28 heavy (non-hydrogen) atoms. The van der Waals surface area contributed by atoms with E-state index in [1.54, 1.807) is 6.20 Å². The highest BCUT2D eigenvalue weighted by Gasteiger charge is 2.29. The standard InChI is InChI=1S/C23H34N2O3/c1-16-19-13-14-21(28-17(2)26)22(19)24-15-20(16)25-23(27)18-11-9-7-5-3-4-6-8-10-12-18/h15,18,21H,3-14H2,1-2H3,(H,25,27). The molecule has 0 radical (unpaired) electrons. The fourth-order valence-corrected chi connectivity index (χ4v) is 4.59. The third-order valence-electron chi connectivity index (χ3n) is 6.25. The number of hydrogen-bond acceptors (Lipinski definition) is 4. The molecule has 5 heteroatoms. The number of fused-ring (bicyclic) bond motifs is 1. The number of pyridine rings is 1.